The fraction of sp³-hybridized carbons (Fsp3) is 0.0968. The van der Waals surface area contributed by atoms with Crippen molar-refractivity contribution in [3.05, 3.63) is 227 Å². The molecule has 312 valence electrons. The molecular formula is C62H44N4. The molecule has 7 aromatic carbocycles. The van der Waals surface area contributed by atoms with E-state index in [0.29, 0.717) is 0 Å². The molecule has 0 spiro atoms. The Morgan fingerprint density at radius 1 is 0.379 bits per heavy atom. The number of aryl methyl sites for hydroxylation is 4. The molecule has 4 heterocycles. The third-order valence-corrected chi connectivity index (χ3v) is 14.7. The van der Waals surface area contributed by atoms with Crippen LogP contribution in [0, 0.1) is 0 Å². The van der Waals surface area contributed by atoms with Crippen molar-refractivity contribution in [1.29, 1.82) is 0 Å². The van der Waals surface area contributed by atoms with Gasteiger partial charge in [0.2, 0.25) is 0 Å². The number of nitrogens with zero attached hydrogens (tertiary/aromatic N) is 4. The summed E-state index contributed by atoms with van der Waals surface area (Å²) in [6.07, 6.45) is 12.3. The van der Waals surface area contributed by atoms with E-state index in [-0.39, 0.29) is 0 Å². The van der Waals surface area contributed by atoms with Gasteiger partial charge in [-0.25, -0.2) is 0 Å². The van der Waals surface area contributed by atoms with Crippen LogP contribution in [0.2, 0.25) is 0 Å². The first-order chi connectivity index (χ1) is 32.7. The van der Waals surface area contributed by atoms with E-state index in [4.69, 9.17) is 0 Å². The average molecular weight is 845 g/mol. The lowest BCUT2D eigenvalue weighted by molar-refractivity contribution is 0.870. The zero-order valence-electron chi connectivity index (χ0n) is 36.5. The molecule has 0 N–H and O–H groups in total. The zero-order valence-corrected chi connectivity index (χ0v) is 36.5. The summed E-state index contributed by atoms with van der Waals surface area (Å²) in [5.74, 6) is 0. The molecule has 0 fully saturated rings. The Balaban J connectivity index is 0.959. The Morgan fingerprint density at radius 2 is 0.909 bits per heavy atom. The van der Waals surface area contributed by atoms with Crippen LogP contribution in [0.1, 0.15) is 45.5 Å². The van der Waals surface area contributed by atoms with Gasteiger partial charge in [-0.15, -0.1) is 0 Å². The van der Waals surface area contributed by atoms with E-state index in [1.165, 1.54) is 111 Å². The molecule has 4 heteroatoms. The van der Waals surface area contributed by atoms with Gasteiger partial charge in [-0.3, -0.25) is 9.97 Å². The Morgan fingerprint density at radius 3 is 1.52 bits per heavy atom. The second-order valence-electron chi connectivity index (χ2n) is 18.3. The highest BCUT2D eigenvalue weighted by molar-refractivity contribution is 6.15. The van der Waals surface area contributed by atoms with Crippen molar-refractivity contribution < 1.29 is 0 Å². The van der Waals surface area contributed by atoms with Crippen LogP contribution in [0.3, 0.4) is 0 Å². The number of hydrogen-bond acceptors (Lipinski definition) is 2. The number of benzene rings is 7. The van der Waals surface area contributed by atoms with Crippen molar-refractivity contribution in [2.24, 2.45) is 0 Å². The van der Waals surface area contributed by atoms with E-state index < -0.39 is 0 Å². The molecule has 14 rings (SSSR count). The summed E-state index contributed by atoms with van der Waals surface area (Å²) in [6.45, 7) is 0. The number of pyridine rings is 2. The van der Waals surface area contributed by atoms with Gasteiger partial charge in [0.25, 0.3) is 0 Å². The maximum atomic E-state index is 4.60. The third-order valence-electron chi connectivity index (χ3n) is 14.7. The van der Waals surface area contributed by atoms with Gasteiger partial charge in [0.1, 0.15) is 0 Å². The molecule has 3 aliphatic carbocycles. The van der Waals surface area contributed by atoms with Gasteiger partial charge in [0.15, 0.2) is 0 Å². The molecule has 66 heavy (non-hydrogen) atoms. The van der Waals surface area contributed by atoms with E-state index in [9.17, 15) is 0 Å². The molecule has 0 aliphatic heterocycles. The van der Waals surface area contributed by atoms with Gasteiger partial charge in [-0.2, -0.15) is 0 Å². The van der Waals surface area contributed by atoms with Crippen LogP contribution in [0.5, 0.6) is 0 Å². The van der Waals surface area contributed by atoms with E-state index in [2.05, 4.69) is 183 Å². The molecular weight excluding hydrogens is 801 g/mol. The topological polar surface area (TPSA) is 35.6 Å². The number of allylic oxidation sites excluding steroid dienone is 1. The molecule has 0 saturated heterocycles. The fourth-order valence-electron chi connectivity index (χ4n) is 11.8. The minimum atomic E-state index is 0.991. The second-order valence-corrected chi connectivity index (χ2v) is 18.3. The molecule has 4 aromatic heterocycles. The van der Waals surface area contributed by atoms with Crippen molar-refractivity contribution >= 4 is 44.4 Å². The van der Waals surface area contributed by atoms with Gasteiger partial charge in [-0.1, -0.05) is 103 Å². The molecule has 0 amide bonds. The minimum absolute atomic E-state index is 0.991. The van der Waals surface area contributed by atoms with Crippen molar-refractivity contribution in [1.82, 2.24) is 19.1 Å². The van der Waals surface area contributed by atoms with Crippen LogP contribution in [-0.2, 0) is 32.1 Å². The predicted molar refractivity (Wildman–Crippen MR) is 272 cm³/mol. The third kappa shape index (κ3) is 5.71. The largest absolute Gasteiger partial charge is 0.313 e. The fourth-order valence-corrected chi connectivity index (χ4v) is 11.8. The molecule has 0 unspecified atom stereocenters. The van der Waals surface area contributed by atoms with Gasteiger partial charge in [0.05, 0.1) is 27.9 Å². The van der Waals surface area contributed by atoms with Crippen molar-refractivity contribution in [2.75, 3.05) is 0 Å². The smallest absolute Gasteiger partial charge is 0.0701 e. The molecule has 11 aromatic rings. The lowest BCUT2D eigenvalue weighted by atomic mass is 9.73. The Hall–Kier alpha value is -8.08. The molecule has 0 saturated carbocycles. The van der Waals surface area contributed by atoms with Gasteiger partial charge < -0.3 is 9.13 Å². The average Bonchev–Trinajstić information content (AvgIpc) is 3.91. The van der Waals surface area contributed by atoms with Crippen LogP contribution in [0.4, 0.5) is 0 Å². The summed E-state index contributed by atoms with van der Waals surface area (Å²) in [4.78, 5) is 9.19. The highest BCUT2D eigenvalue weighted by Gasteiger charge is 2.34. The maximum absolute atomic E-state index is 4.60. The lowest BCUT2D eigenvalue weighted by Crippen LogP contribution is -2.16. The van der Waals surface area contributed by atoms with E-state index >= 15 is 0 Å². The van der Waals surface area contributed by atoms with Crippen LogP contribution in [-0.4, -0.2) is 19.1 Å². The first-order valence-corrected chi connectivity index (χ1v) is 23.4. The number of aromatic nitrogens is 4. The number of para-hydroxylation sites is 2. The molecule has 0 radical (unpaired) electrons. The predicted octanol–water partition coefficient (Wildman–Crippen LogP) is 14.9. The summed E-state index contributed by atoms with van der Waals surface area (Å²) < 4.78 is 5.20. The van der Waals surface area contributed by atoms with E-state index in [0.717, 1.165) is 61.0 Å². The first kappa shape index (κ1) is 37.3. The van der Waals surface area contributed by atoms with E-state index in [1.807, 2.05) is 30.6 Å². The molecule has 0 atom stereocenters. The maximum Gasteiger partial charge on any atom is 0.0701 e. The van der Waals surface area contributed by atoms with Crippen molar-refractivity contribution in [3.8, 4) is 56.1 Å². The monoisotopic (exact) mass is 844 g/mol. The SMILES string of the molecule is C1=C(c2ccc(-c3ccccn3)cc2)CCc2c1c1cc3c4c(c1n2-c1ccccc1)CCc1c-4c(cc2c4cc(-c5ccc(-c6ccccn6)cc5)ccc4n(-c4ccccc4)c12)CC3. The van der Waals surface area contributed by atoms with Gasteiger partial charge in [0, 0.05) is 62.3 Å². The summed E-state index contributed by atoms with van der Waals surface area (Å²) >= 11 is 0. The van der Waals surface area contributed by atoms with Crippen LogP contribution in [0.25, 0.3) is 101 Å². The Bertz CT molecular complexity index is 3750. The summed E-state index contributed by atoms with van der Waals surface area (Å²) in [6, 6.07) is 64.6. The van der Waals surface area contributed by atoms with E-state index in [1.54, 1.807) is 0 Å². The van der Waals surface area contributed by atoms with Crippen LogP contribution < -0.4 is 0 Å². The normalized spacial score (nSPS) is 13.8. The Kier molecular flexibility index (Phi) is 8.33. The Labute approximate surface area is 383 Å². The minimum Gasteiger partial charge on any atom is -0.313 e. The quantitative estimate of drug-likeness (QED) is 0.167. The second kappa shape index (κ2) is 14.7. The van der Waals surface area contributed by atoms with Gasteiger partial charge in [-0.05, 0) is 173 Å². The molecule has 0 bridgehead atoms. The van der Waals surface area contributed by atoms with Crippen molar-refractivity contribution in [2.45, 2.75) is 38.5 Å². The first-order valence-electron chi connectivity index (χ1n) is 23.4. The van der Waals surface area contributed by atoms with Crippen LogP contribution >= 0.6 is 0 Å². The number of fused-ring (bicyclic) bond motifs is 8. The highest BCUT2D eigenvalue weighted by atomic mass is 15.0. The number of rotatable bonds is 6. The standard InChI is InChI=1S/C62H44N4/c1-3-11-47(12-4-1)65-57-31-27-43(39-17-21-41(22-18-39)55-15-7-9-33-63-55)35-51(57)53-37-45-25-26-46-38-54-52-36-44(40-19-23-42(24-20-40)56-16-8-10-34-64-56)28-32-58(52)66(48-13-5-2-6-14-48)62(54)50-30-29-49(61(53)65)59(45)60(46)50/h1-24,27,31,33-38H,25-26,28-30,32H2. The lowest BCUT2D eigenvalue weighted by Gasteiger charge is -2.31. The summed E-state index contributed by atoms with van der Waals surface area (Å²) in [5.41, 5.74) is 27.7. The summed E-state index contributed by atoms with van der Waals surface area (Å²) in [7, 11) is 0. The summed E-state index contributed by atoms with van der Waals surface area (Å²) in [5, 5.41) is 4.07. The van der Waals surface area contributed by atoms with Crippen LogP contribution in [0.15, 0.2) is 188 Å². The molecule has 3 aliphatic rings. The highest BCUT2D eigenvalue weighted by Crippen LogP contribution is 2.52. The zero-order chi connectivity index (χ0) is 43.3. The molecule has 4 nitrogen and oxygen atoms in total. The van der Waals surface area contributed by atoms with Gasteiger partial charge >= 0.3 is 0 Å². The number of hydrogen-bond donors (Lipinski definition) is 0. The van der Waals surface area contributed by atoms with Crippen molar-refractivity contribution in [3.63, 3.8) is 0 Å².